The second-order valence-corrected chi connectivity index (χ2v) is 5.97. The summed E-state index contributed by atoms with van der Waals surface area (Å²) in [7, 11) is 2.00. The summed E-state index contributed by atoms with van der Waals surface area (Å²) in [4.78, 5) is 0. The minimum Gasteiger partial charge on any atom is -0.377 e. The van der Waals surface area contributed by atoms with Gasteiger partial charge in [0.15, 0.2) is 0 Å². The molecule has 21 heavy (non-hydrogen) atoms. The van der Waals surface area contributed by atoms with Crippen LogP contribution in [0.5, 0.6) is 0 Å². The van der Waals surface area contributed by atoms with E-state index < -0.39 is 0 Å². The molecule has 0 heterocycles. The average molecular weight is 281 g/mol. The Bertz CT molecular complexity index is 633. The van der Waals surface area contributed by atoms with E-state index in [1.807, 2.05) is 7.05 Å². The molecule has 3 rings (SSSR count). The zero-order chi connectivity index (χ0) is 14.8. The smallest absolute Gasteiger partial charge is 0.0664 e. The van der Waals surface area contributed by atoms with Gasteiger partial charge in [-0.1, -0.05) is 42.5 Å². The summed E-state index contributed by atoms with van der Waals surface area (Å²) in [5.74, 6) is 0. The number of ether oxygens (including phenoxy) is 1. The summed E-state index contributed by atoms with van der Waals surface area (Å²) in [6.45, 7) is 4.86. The minimum atomic E-state index is 0.251. The van der Waals surface area contributed by atoms with Crippen molar-refractivity contribution >= 4 is 0 Å². The molecule has 1 N–H and O–H groups in total. The van der Waals surface area contributed by atoms with Crippen molar-refractivity contribution in [2.75, 3.05) is 13.7 Å². The van der Waals surface area contributed by atoms with Crippen molar-refractivity contribution in [2.24, 2.45) is 0 Å². The molecule has 2 nitrogen and oxygen atoms in total. The van der Waals surface area contributed by atoms with Crippen LogP contribution in [0.25, 0.3) is 11.1 Å². The first kappa shape index (κ1) is 14.3. The van der Waals surface area contributed by atoms with Crippen molar-refractivity contribution in [3.05, 3.63) is 59.2 Å². The van der Waals surface area contributed by atoms with Crippen LogP contribution in [0, 0.1) is 0 Å². The van der Waals surface area contributed by atoms with Gasteiger partial charge >= 0.3 is 0 Å². The minimum absolute atomic E-state index is 0.251. The van der Waals surface area contributed by atoms with Crippen molar-refractivity contribution in [1.82, 2.24) is 5.32 Å². The molecule has 2 aromatic rings. The fourth-order valence-electron chi connectivity index (χ4n) is 3.02. The third-order valence-corrected chi connectivity index (χ3v) is 4.16. The summed E-state index contributed by atoms with van der Waals surface area (Å²) in [6, 6.07) is 15.8. The lowest BCUT2D eigenvalue weighted by molar-refractivity contribution is 0.0626. The van der Waals surface area contributed by atoms with E-state index in [9.17, 15) is 0 Å². The van der Waals surface area contributed by atoms with Crippen LogP contribution >= 0.6 is 0 Å². The maximum absolute atomic E-state index is 5.77. The van der Waals surface area contributed by atoms with Crippen LogP contribution in [0.3, 0.4) is 0 Å². The standard InChI is InChI=1S/C19H23NO/c1-13(2)21-12-19(20-3)15-8-9-18-16(11-15)10-14-6-4-5-7-17(14)18/h4-9,11,13,19-20H,10,12H2,1-3H3. The van der Waals surface area contributed by atoms with Gasteiger partial charge in [-0.25, -0.2) is 0 Å². The number of nitrogens with one attached hydrogen (secondary N) is 1. The van der Waals surface area contributed by atoms with Gasteiger partial charge in [0.25, 0.3) is 0 Å². The molecule has 1 aliphatic carbocycles. The van der Waals surface area contributed by atoms with E-state index in [1.54, 1.807) is 0 Å². The number of benzene rings is 2. The molecule has 0 saturated heterocycles. The molecular formula is C19H23NO. The van der Waals surface area contributed by atoms with Gasteiger partial charge in [0, 0.05) is 0 Å². The Morgan fingerprint density at radius 1 is 1.05 bits per heavy atom. The first-order valence-electron chi connectivity index (χ1n) is 7.69. The van der Waals surface area contributed by atoms with Gasteiger partial charge in [0.1, 0.15) is 0 Å². The van der Waals surface area contributed by atoms with E-state index >= 15 is 0 Å². The van der Waals surface area contributed by atoms with Crippen LogP contribution in [0.4, 0.5) is 0 Å². The molecule has 0 bridgehead atoms. The van der Waals surface area contributed by atoms with Crippen molar-refractivity contribution in [3.8, 4) is 11.1 Å². The van der Waals surface area contributed by atoms with Gasteiger partial charge in [-0.3, -0.25) is 0 Å². The van der Waals surface area contributed by atoms with E-state index in [4.69, 9.17) is 4.74 Å². The van der Waals surface area contributed by atoms with Crippen LogP contribution in [-0.4, -0.2) is 19.8 Å². The molecule has 1 atom stereocenters. The zero-order valence-electron chi connectivity index (χ0n) is 13.0. The molecule has 1 aliphatic rings. The normalized spacial score (nSPS) is 14.1. The van der Waals surface area contributed by atoms with Gasteiger partial charge in [0.2, 0.25) is 0 Å². The van der Waals surface area contributed by atoms with Crippen molar-refractivity contribution in [3.63, 3.8) is 0 Å². The van der Waals surface area contributed by atoms with Crippen LogP contribution in [0.15, 0.2) is 42.5 Å². The monoisotopic (exact) mass is 281 g/mol. The molecule has 0 aromatic heterocycles. The molecule has 0 amide bonds. The van der Waals surface area contributed by atoms with Gasteiger partial charge < -0.3 is 10.1 Å². The molecule has 2 heteroatoms. The van der Waals surface area contributed by atoms with Crippen molar-refractivity contribution in [2.45, 2.75) is 32.4 Å². The number of likely N-dealkylation sites (N-methyl/N-ethyl adjacent to an activating group) is 1. The third-order valence-electron chi connectivity index (χ3n) is 4.16. The van der Waals surface area contributed by atoms with Crippen LogP contribution < -0.4 is 5.32 Å². The van der Waals surface area contributed by atoms with E-state index in [0.717, 1.165) is 6.42 Å². The maximum Gasteiger partial charge on any atom is 0.0664 e. The number of fused-ring (bicyclic) bond motifs is 3. The number of hydrogen-bond acceptors (Lipinski definition) is 2. The second kappa shape index (κ2) is 6.00. The Kier molecular flexibility index (Phi) is 4.09. The molecule has 0 spiro atoms. The maximum atomic E-state index is 5.77. The first-order valence-corrected chi connectivity index (χ1v) is 7.69. The molecular weight excluding hydrogens is 258 g/mol. The summed E-state index contributed by atoms with van der Waals surface area (Å²) < 4.78 is 5.77. The summed E-state index contributed by atoms with van der Waals surface area (Å²) in [5, 5.41) is 3.36. The van der Waals surface area contributed by atoms with Crippen LogP contribution in [0.2, 0.25) is 0 Å². The first-order chi connectivity index (χ1) is 10.2. The number of rotatable bonds is 5. The lowest BCUT2D eigenvalue weighted by Crippen LogP contribution is -2.23. The lowest BCUT2D eigenvalue weighted by atomic mass is 10.00. The predicted octanol–water partition coefficient (Wildman–Crippen LogP) is 3.94. The van der Waals surface area contributed by atoms with E-state index in [0.29, 0.717) is 6.61 Å². The molecule has 0 radical (unpaired) electrons. The van der Waals surface area contributed by atoms with Gasteiger partial charge in [-0.05, 0) is 55.1 Å². The Labute approximate surface area is 127 Å². The van der Waals surface area contributed by atoms with E-state index in [1.165, 1.54) is 27.8 Å². The molecule has 2 aromatic carbocycles. The fraction of sp³-hybridized carbons (Fsp3) is 0.368. The van der Waals surface area contributed by atoms with Gasteiger partial charge in [-0.2, -0.15) is 0 Å². The number of hydrogen-bond donors (Lipinski definition) is 1. The van der Waals surface area contributed by atoms with Gasteiger partial charge in [-0.15, -0.1) is 0 Å². The van der Waals surface area contributed by atoms with Crippen molar-refractivity contribution in [1.29, 1.82) is 0 Å². The summed E-state index contributed by atoms with van der Waals surface area (Å²) >= 11 is 0. The largest absolute Gasteiger partial charge is 0.377 e. The average Bonchev–Trinajstić information content (AvgIpc) is 2.85. The zero-order valence-corrected chi connectivity index (χ0v) is 13.0. The topological polar surface area (TPSA) is 21.3 Å². The quantitative estimate of drug-likeness (QED) is 0.764. The van der Waals surface area contributed by atoms with Gasteiger partial charge in [0.05, 0.1) is 18.8 Å². The molecule has 0 fully saturated rings. The Hall–Kier alpha value is -1.64. The lowest BCUT2D eigenvalue weighted by Gasteiger charge is -2.19. The Balaban J connectivity index is 1.86. The van der Waals surface area contributed by atoms with Crippen LogP contribution in [-0.2, 0) is 11.2 Å². The van der Waals surface area contributed by atoms with Crippen molar-refractivity contribution < 1.29 is 4.74 Å². The van der Waals surface area contributed by atoms with Crippen LogP contribution in [0.1, 0.15) is 36.6 Å². The SMILES string of the molecule is CNC(COC(C)C)c1ccc2c(c1)Cc1ccccc1-2. The predicted molar refractivity (Wildman–Crippen MR) is 87.6 cm³/mol. The Morgan fingerprint density at radius 3 is 2.57 bits per heavy atom. The fourth-order valence-corrected chi connectivity index (χ4v) is 3.02. The highest BCUT2D eigenvalue weighted by molar-refractivity contribution is 5.76. The molecule has 0 aliphatic heterocycles. The molecule has 0 saturated carbocycles. The summed E-state index contributed by atoms with van der Waals surface area (Å²) in [6.07, 6.45) is 1.31. The summed E-state index contributed by atoms with van der Waals surface area (Å²) in [5.41, 5.74) is 6.94. The highest BCUT2D eigenvalue weighted by atomic mass is 16.5. The third kappa shape index (κ3) is 2.87. The van der Waals surface area contributed by atoms with E-state index in [2.05, 4.69) is 61.6 Å². The second-order valence-electron chi connectivity index (χ2n) is 5.97. The van der Waals surface area contributed by atoms with E-state index in [-0.39, 0.29) is 12.1 Å². The highest BCUT2D eigenvalue weighted by Gasteiger charge is 2.19. The molecule has 110 valence electrons. The Morgan fingerprint density at radius 2 is 1.81 bits per heavy atom. The molecule has 1 unspecified atom stereocenters. The highest BCUT2D eigenvalue weighted by Crippen LogP contribution is 2.37.